The zero-order valence-corrected chi connectivity index (χ0v) is 24.0. The van der Waals surface area contributed by atoms with Crippen molar-refractivity contribution in [3.8, 4) is 0 Å². The Balaban J connectivity index is 2.20. The van der Waals surface area contributed by atoms with E-state index in [0.717, 1.165) is 29.7 Å². The van der Waals surface area contributed by atoms with Gasteiger partial charge < -0.3 is 14.5 Å². The van der Waals surface area contributed by atoms with Crippen molar-refractivity contribution in [3.63, 3.8) is 0 Å². The van der Waals surface area contributed by atoms with Crippen molar-refractivity contribution in [1.29, 1.82) is 0 Å². The van der Waals surface area contributed by atoms with Crippen LogP contribution in [-0.2, 0) is 14.3 Å². The Morgan fingerprint density at radius 3 is 2.31 bits per heavy atom. The van der Waals surface area contributed by atoms with Crippen molar-refractivity contribution in [2.45, 2.75) is 45.6 Å². The first kappa shape index (κ1) is 30.0. The Bertz CT molecular complexity index is 1110. The maximum Gasteiger partial charge on any atom is 0.255 e. The number of carbonyl (C=O) groups is 2. The van der Waals surface area contributed by atoms with Gasteiger partial charge in [-0.2, -0.15) is 0 Å². The van der Waals surface area contributed by atoms with Crippen molar-refractivity contribution >= 4 is 11.7 Å². The highest BCUT2D eigenvalue weighted by Crippen LogP contribution is 2.32. The standard InChI is InChI=1S/C33H43N3O3/c1-7-25(4)21-28(22-35(5)6)33(38)36(31(32(37)24(2)3)27-16-19-39-20-17-27)23-29(26-13-9-8-10-14-26)30-15-11-12-18-34-30/h7-15,18,21-22,24,27,29,31H,1,16-17,19-20,23H2,2-6H3/b25-21-,28-22+. The van der Waals surface area contributed by atoms with E-state index >= 15 is 0 Å². The van der Waals surface area contributed by atoms with Gasteiger partial charge in [0, 0.05) is 63.8 Å². The minimum absolute atomic E-state index is 0.0165. The van der Waals surface area contributed by atoms with Gasteiger partial charge in [-0.1, -0.05) is 68.5 Å². The maximum absolute atomic E-state index is 14.6. The van der Waals surface area contributed by atoms with Gasteiger partial charge in [-0.15, -0.1) is 0 Å². The van der Waals surface area contributed by atoms with E-state index in [0.29, 0.717) is 25.3 Å². The number of benzene rings is 1. The summed E-state index contributed by atoms with van der Waals surface area (Å²) in [5, 5.41) is 0. The molecule has 2 unspecified atom stereocenters. The number of aromatic nitrogens is 1. The number of pyridine rings is 1. The summed E-state index contributed by atoms with van der Waals surface area (Å²) in [5.74, 6) is -0.500. The molecule has 6 nitrogen and oxygen atoms in total. The lowest BCUT2D eigenvalue weighted by Crippen LogP contribution is -2.53. The van der Waals surface area contributed by atoms with Crippen LogP contribution in [0.3, 0.4) is 0 Å². The van der Waals surface area contributed by atoms with Crippen LogP contribution < -0.4 is 0 Å². The van der Waals surface area contributed by atoms with Crippen molar-refractivity contribution < 1.29 is 14.3 Å². The van der Waals surface area contributed by atoms with Crippen LogP contribution in [0.25, 0.3) is 0 Å². The van der Waals surface area contributed by atoms with E-state index in [4.69, 9.17) is 4.74 Å². The molecule has 0 radical (unpaired) electrons. The molecule has 1 aliphatic rings. The molecule has 0 N–H and O–H groups in total. The van der Waals surface area contributed by atoms with Gasteiger partial charge in [0.05, 0.1) is 11.6 Å². The molecule has 0 aliphatic carbocycles. The molecular formula is C33H43N3O3. The van der Waals surface area contributed by atoms with Gasteiger partial charge in [0.25, 0.3) is 5.91 Å². The average Bonchev–Trinajstić information content (AvgIpc) is 2.95. The van der Waals surface area contributed by atoms with Crippen LogP contribution in [0, 0.1) is 11.8 Å². The van der Waals surface area contributed by atoms with Crippen LogP contribution in [0.15, 0.2) is 90.8 Å². The van der Waals surface area contributed by atoms with Gasteiger partial charge in [-0.05, 0) is 49.5 Å². The summed E-state index contributed by atoms with van der Waals surface area (Å²) >= 11 is 0. The van der Waals surface area contributed by atoms with Crippen LogP contribution in [-0.4, -0.2) is 66.4 Å². The second kappa shape index (κ2) is 14.6. The SMILES string of the molecule is C=C/C(C)=C\C(=C/N(C)C)C(=O)N(CC(c1ccccc1)c1ccccn1)C(C(=O)C(C)C)C1CCOCC1. The van der Waals surface area contributed by atoms with Crippen LogP contribution in [0.2, 0.25) is 0 Å². The highest BCUT2D eigenvalue weighted by atomic mass is 16.5. The molecule has 3 rings (SSSR count). The van der Waals surface area contributed by atoms with Crippen LogP contribution in [0.1, 0.15) is 50.8 Å². The highest BCUT2D eigenvalue weighted by molar-refractivity contribution is 6.00. The number of ether oxygens (including phenoxy) is 1. The largest absolute Gasteiger partial charge is 0.383 e. The Kier molecular flexibility index (Phi) is 11.2. The molecule has 1 aliphatic heterocycles. The molecule has 0 bridgehead atoms. The number of allylic oxidation sites excluding steroid dienone is 2. The van der Waals surface area contributed by atoms with Crippen molar-refractivity contribution in [3.05, 3.63) is 102 Å². The Morgan fingerprint density at radius 2 is 1.74 bits per heavy atom. The molecule has 6 heteroatoms. The Hall–Kier alpha value is -3.51. The predicted molar refractivity (Wildman–Crippen MR) is 157 cm³/mol. The number of amides is 1. The molecule has 1 aromatic heterocycles. The number of rotatable bonds is 12. The van der Waals surface area contributed by atoms with E-state index in [1.165, 1.54) is 0 Å². The quantitative estimate of drug-likeness (QED) is 0.263. The summed E-state index contributed by atoms with van der Waals surface area (Å²) < 4.78 is 5.65. The second-order valence-corrected chi connectivity index (χ2v) is 10.8. The van der Waals surface area contributed by atoms with Crippen LogP contribution in [0.4, 0.5) is 0 Å². The normalized spacial score (nSPS) is 16.5. The van der Waals surface area contributed by atoms with E-state index in [2.05, 4.69) is 23.7 Å². The van der Waals surface area contributed by atoms with Gasteiger partial charge in [0.1, 0.15) is 0 Å². The number of ketones is 1. The molecule has 2 heterocycles. The predicted octanol–water partition coefficient (Wildman–Crippen LogP) is 5.64. The number of nitrogens with zero attached hydrogens (tertiary/aromatic N) is 3. The Morgan fingerprint density at radius 1 is 1.08 bits per heavy atom. The lowest BCUT2D eigenvalue weighted by molar-refractivity contribution is -0.142. The van der Waals surface area contributed by atoms with Crippen LogP contribution >= 0.6 is 0 Å². The minimum Gasteiger partial charge on any atom is -0.383 e. The second-order valence-electron chi connectivity index (χ2n) is 10.8. The molecule has 1 amide bonds. The summed E-state index contributed by atoms with van der Waals surface area (Å²) in [6, 6.07) is 15.4. The molecule has 2 aromatic rings. The molecule has 1 saturated heterocycles. The van der Waals surface area contributed by atoms with Gasteiger partial charge in [-0.3, -0.25) is 14.6 Å². The lowest BCUT2D eigenvalue weighted by atomic mass is 9.83. The minimum atomic E-state index is -0.570. The average molecular weight is 530 g/mol. The fraction of sp³-hybridized carbons (Fsp3) is 0.424. The molecule has 2 atom stereocenters. The molecule has 1 aromatic carbocycles. The smallest absolute Gasteiger partial charge is 0.255 e. The number of carbonyl (C=O) groups excluding carboxylic acids is 2. The molecule has 0 spiro atoms. The summed E-state index contributed by atoms with van der Waals surface area (Å²) in [5.41, 5.74) is 3.30. The van der Waals surface area contributed by atoms with Crippen molar-refractivity contribution in [2.24, 2.45) is 11.8 Å². The molecule has 39 heavy (non-hydrogen) atoms. The lowest BCUT2D eigenvalue weighted by Gasteiger charge is -2.40. The number of hydrogen-bond donors (Lipinski definition) is 0. The molecule has 1 fully saturated rings. The first-order valence-electron chi connectivity index (χ1n) is 13.8. The fourth-order valence-electron chi connectivity index (χ4n) is 5.07. The van der Waals surface area contributed by atoms with E-state index in [9.17, 15) is 9.59 Å². The zero-order valence-electron chi connectivity index (χ0n) is 24.0. The maximum atomic E-state index is 14.6. The zero-order chi connectivity index (χ0) is 28.4. The van der Waals surface area contributed by atoms with Gasteiger partial charge in [-0.25, -0.2) is 0 Å². The number of hydrogen-bond acceptors (Lipinski definition) is 5. The Labute approximate surface area is 234 Å². The highest BCUT2D eigenvalue weighted by Gasteiger charge is 2.40. The first-order valence-corrected chi connectivity index (χ1v) is 13.8. The van der Waals surface area contributed by atoms with Gasteiger partial charge in [0.15, 0.2) is 5.78 Å². The summed E-state index contributed by atoms with van der Waals surface area (Å²) in [4.78, 5) is 36.9. The van der Waals surface area contributed by atoms with Gasteiger partial charge >= 0.3 is 0 Å². The summed E-state index contributed by atoms with van der Waals surface area (Å²) in [6.45, 7) is 11.1. The third-order valence-corrected chi connectivity index (χ3v) is 7.15. The number of Topliss-reactive ketones (excluding diaryl/α,β-unsaturated/α-hetero) is 1. The molecule has 208 valence electrons. The van der Waals surface area contributed by atoms with Crippen molar-refractivity contribution in [2.75, 3.05) is 33.9 Å². The summed E-state index contributed by atoms with van der Waals surface area (Å²) in [7, 11) is 3.79. The van der Waals surface area contributed by atoms with E-state index in [1.54, 1.807) is 12.3 Å². The topological polar surface area (TPSA) is 62.7 Å². The van der Waals surface area contributed by atoms with E-state index in [-0.39, 0.29) is 29.4 Å². The first-order chi connectivity index (χ1) is 18.7. The summed E-state index contributed by atoms with van der Waals surface area (Å²) in [6.07, 6.45) is 8.65. The monoisotopic (exact) mass is 529 g/mol. The molecular weight excluding hydrogens is 486 g/mol. The third kappa shape index (κ3) is 8.24. The fourth-order valence-corrected chi connectivity index (χ4v) is 5.07. The van der Waals surface area contributed by atoms with Gasteiger partial charge in [0.2, 0.25) is 0 Å². The third-order valence-electron chi connectivity index (χ3n) is 7.15. The molecule has 0 saturated carbocycles. The van der Waals surface area contributed by atoms with E-state index in [1.807, 2.05) is 93.3 Å². The van der Waals surface area contributed by atoms with Crippen LogP contribution in [0.5, 0.6) is 0 Å². The van der Waals surface area contributed by atoms with E-state index < -0.39 is 6.04 Å². The van der Waals surface area contributed by atoms with Crippen molar-refractivity contribution in [1.82, 2.24) is 14.8 Å².